The molecule has 28 heavy (non-hydrogen) atoms. The highest BCUT2D eigenvalue weighted by molar-refractivity contribution is 7.18. The second-order valence-electron chi connectivity index (χ2n) is 6.39. The van der Waals surface area contributed by atoms with Crippen LogP contribution in [0.15, 0.2) is 48.5 Å². The zero-order valence-electron chi connectivity index (χ0n) is 14.9. The largest absolute Gasteiger partial charge is 0.366 e. The fourth-order valence-electron chi connectivity index (χ4n) is 3.18. The van der Waals surface area contributed by atoms with Crippen molar-refractivity contribution in [3.05, 3.63) is 64.2 Å². The summed E-state index contributed by atoms with van der Waals surface area (Å²) < 4.78 is 0. The number of nitro benzene ring substituents is 1. The zero-order chi connectivity index (χ0) is 19.5. The lowest BCUT2D eigenvalue weighted by Gasteiger charge is -2.17. The summed E-state index contributed by atoms with van der Waals surface area (Å²) in [5.41, 5.74) is 1.62. The van der Waals surface area contributed by atoms with Crippen molar-refractivity contribution >= 4 is 33.8 Å². The number of hydrogen-bond acceptors (Lipinski definition) is 7. The Bertz CT molecular complexity index is 1020. The maximum absolute atomic E-state index is 12.6. The van der Waals surface area contributed by atoms with Crippen LogP contribution >= 0.6 is 11.3 Å². The molecule has 0 saturated carbocycles. The molecule has 1 saturated heterocycles. The summed E-state index contributed by atoms with van der Waals surface area (Å²) in [5.74, 6) is -0.452. The van der Waals surface area contributed by atoms with Crippen LogP contribution in [0.2, 0.25) is 0 Å². The molecule has 0 bridgehead atoms. The number of benzene rings is 2. The molecule has 9 heteroatoms. The fraction of sp³-hybridized carbons (Fsp3) is 0.211. The molecule has 3 aromatic rings. The molecular weight excluding hydrogens is 378 g/mol. The quantitative estimate of drug-likeness (QED) is 0.518. The van der Waals surface area contributed by atoms with Crippen molar-refractivity contribution in [2.24, 2.45) is 0 Å². The third-order valence-electron chi connectivity index (χ3n) is 4.55. The van der Waals surface area contributed by atoms with E-state index in [0.717, 1.165) is 31.5 Å². The number of aromatic nitrogens is 2. The van der Waals surface area contributed by atoms with Crippen LogP contribution in [-0.4, -0.2) is 34.1 Å². The van der Waals surface area contributed by atoms with Gasteiger partial charge in [-0.2, -0.15) is 0 Å². The highest BCUT2D eigenvalue weighted by atomic mass is 32.1. The summed E-state index contributed by atoms with van der Waals surface area (Å²) in [6, 6.07) is 14.1. The standard InChI is InChI=1S/C19H17N5O3S/c25-17(20-19-22-21-18(28-19)13-6-2-1-3-7-13)14-8-9-15(16(12-14)24(26)27)23-10-4-5-11-23/h1-3,6-9,12H,4-5,10-11H2,(H,20,22,25). The van der Waals surface area contributed by atoms with Crippen molar-refractivity contribution in [2.75, 3.05) is 23.3 Å². The summed E-state index contributed by atoms with van der Waals surface area (Å²) in [5, 5.41) is 23.3. The molecule has 0 spiro atoms. The van der Waals surface area contributed by atoms with Crippen LogP contribution in [0.25, 0.3) is 10.6 Å². The van der Waals surface area contributed by atoms with Crippen LogP contribution in [0.5, 0.6) is 0 Å². The Hall–Kier alpha value is -3.33. The molecule has 1 aromatic heterocycles. The highest BCUT2D eigenvalue weighted by Gasteiger charge is 2.24. The van der Waals surface area contributed by atoms with E-state index in [1.807, 2.05) is 35.2 Å². The molecule has 1 amide bonds. The van der Waals surface area contributed by atoms with Gasteiger partial charge in [0.1, 0.15) is 10.7 Å². The first-order chi connectivity index (χ1) is 13.6. The third-order valence-corrected chi connectivity index (χ3v) is 5.44. The van der Waals surface area contributed by atoms with Crippen LogP contribution in [0.4, 0.5) is 16.5 Å². The van der Waals surface area contributed by atoms with E-state index in [-0.39, 0.29) is 11.3 Å². The number of nitrogens with zero attached hydrogens (tertiary/aromatic N) is 4. The van der Waals surface area contributed by atoms with Crippen LogP contribution in [0.1, 0.15) is 23.2 Å². The Balaban J connectivity index is 1.54. The van der Waals surface area contributed by atoms with Gasteiger partial charge in [-0.3, -0.25) is 20.2 Å². The Labute approximate surface area is 165 Å². The van der Waals surface area contributed by atoms with Crippen LogP contribution in [-0.2, 0) is 0 Å². The lowest BCUT2D eigenvalue weighted by atomic mass is 10.1. The third kappa shape index (κ3) is 3.70. The normalized spacial score (nSPS) is 13.5. The van der Waals surface area contributed by atoms with E-state index < -0.39 is 10.8 Å². The van der Waals surface area contributed by atoms with E-state index in [2.05, 4.69) is 15.5 Å². The molecule has 0 unspecified atom stereocenters. The van der Waals surface area contributed by atoms with Gasteiger partial charge in [-0.15, -0.1) is 10.2 Å². The predicted molar refractivity (Wildman–Crippen MR) is 108 cm³/mol. The fourth-order valence-corrected chi connectivity index (χ4v) is 3.92. The van der Waals surface area contributed by atoms with Crippen molar-refractivity contribution in [2.45, 2.75) is 12.8 Å². The lowest BCUT2D eigenvalue weighted by Crippen LogP contribution is -2.19. The molecule has 8 nitrogen and oxygen atoms in total. The van der Waals surface area contributed by atoms with E-state index in [4.69, 9.17) is 0 Å². The summed E-state index contributed by atoms with van der Waals surface area (Å²) in [6.07, 6.45) is 2.03. The zero-order valence-corrected chi connectivity index (χ0v) is 15.7. The van der Waals surface area contributed by atoms with E-state index in [1.165, 1.54) is 17.4 Å². The molecule has 0 atom stereocenters. The van der Waals surface area contributed by atoms with Crippen molar-refractivity contribution in [3.8, 4) is 10.6 Å². The minimum atomic E-state index is -0.452. The summed E-state index contributed by atoms with van der Waals surface area (Å²) in [6.45, 7) is 1.58. The minimum absolute atomic E-state index is 0.0585. The summed E-state index contributed by atoms with van der Waals surface area (Å²) >= 11 is 1.25. The highest BCUT2D eigenvalue weighted by Crippen LogP contribution is 2.32. The molecule has 4 rings (SSSR count). The van der Waals surface area contributed by atoms with E-state index in [1.54, 1.807) is 12.1 Å². The van der Waals surface area contributed by atoms with Crippen molar-refractivity contribution in [3.63, 3.8) is 0 Å². The van der Waals surface area contributed by atoms with Crippen molar-refractivity contribution in [1.82, 2.24) is 10.2 Å². The van der Waals surface area contributed by atoms with Gasteiger partial charge < -0.3 is 4.90 Å². The Morgan fingerprint density at radius 3 is 2.57 bits per heavy atom. The van der Waals surface area contributed by atoms with E-state index in [9.17, 15) is 14.9 Å². The Morgan fingerprint density at radius 1 is 1.11 bits per heavy atom. The maximum Gasteiger partial charge on any atom is 0.293 e. The average Bonchev–Trinajstić information content (AvgIpc) is 3.40. The predicted octanol–water partition coefficient (Wildman–Crippen LogP) is 3.97. The van der Waals surface area contributed by atoms with Gasteiger partial charge >= 0.3 is 0 Å². The maximum atomic E-state index is 12.6. The summed E-state index contributed by atoms with van der Waals surface area (Å²) in [7, 11) is 0. The van der Waals surface area contributed by atoms with Gasteiger partial charge in [0.05, 0.1) is 4.92 Å². The van der Waals surface area contributed by atoms with Crippen LogP contribution < -0.4 is 10.2 Å². The second kappa shape index (κ2) is 7.73. The van der Waals surface area contributed by atoms with Gasteiger partial charge in [-0.25, -0.2) is 0 Å². The van der Waals surface area contributed by atoms with E-state index >= 15 is 0 Å². The number of nitro groups is 1. The molecular formula is C19H17N5O3S. The van der Waals surface area contributed by atoms with Crippen molar-refractivity contribution in [1.29, 1.82) is 0 Å². The first-order valence-electron chi connectivity index (χ1n) is 8.85. The molecule has 1 N–H and O–H groups in total. The molecule has 2 aromatic carbocycles. The second-order valence-corrected chi connectivity index (χ2v) is 7.36. The lowest BCUT2D eigenvalue weighted by molar-refractivity contribution is -0.384. The molecule has 1 aliphatic heterocycles. The van der Waals surface area contributed by atoms with Gasteiger partial charge in [0.2, 0.25) is 5.13 Å². The first-order valence-corrected chi connectivity index (χ1v) is 9.67. The van der Waals surface area contributed by atoms with E-state index in [0.29, 0.717) is 15.8 Å². The number of rotatable bonds is 5. The number of carbonyl (C=O) groups excluding carboxylic acids is 1. The topological polar surface area (TPSA) is 101 Å². The van der Waals surface area contributed by atoms with Gasteiger partial charge in [-0.1, -0.05) is 41.7 Å². The number of nitrogens with one attached hydrogen (secondary N) is 1. The molecule has 142 valence electrons. The van der Waals surface area contributed by atoms with Gasteiger partial charge in [-0.05, 0) is 25.0 Å². The first kappa shape index (κ1) is 18.1. The van der Waals surface area contributed by atoms with Gasteiger partial charge in [0.25, 0.3) is 11.6 Å². The van der Waals surface area contributed by atoms with Crippen LogP contribution in [0.3, 0.4) is 0 Å². The Kier molecular flexibility index (Phi) is 4.98. The van der Waals surface area contributed by atoms with Crippen LogP contribution in [0, 0.1) is 10.1 Å². The van der Waals surface area contributed by atoms with Crippen molar-refractivity contribution < 1.29 is 9.72 Å². The molecule has 1 fully saturated rings. The average molecular weight is 395 g/mol. The number of carbonyl (C=O) groups is 1. The minimum Gasteiger partial charge on any atom is -0.366 e. The molecule has 1 aliphatic rings. The smallest absolute Gasteiger partial charge is 0.293 e. The molecule has 0 radical (unpaired) electrons. The van der Waals surface area contributed by atoms with Gasteiger partial charge in [0, 0.05) is 30.3 Å². The SMILES string of the molecule is O=C(Nc1nnc(-c2ccccc2)s1)c1ccc(N2CCCC2)c([N+](=O)[O-])c1. The van der Waals surface area contributed by atoms with Gasteiger partial charge in [0.15, 0.2) is 0 Å². The number of amides is 1. The molecule has 0 aliphatic carbocycles. The summed E-state index contributed by atoms with van der Waals surface area (Å²) in [4.78, 5) is 25.6. The number of anilines is 2. The monoisotopic (exact) mass is 395 g/mol. The Morgan fingerprint density at radius 2 is 1.86 bits per heavy atom. The molecule has 2 heterocycles. The number of hydrogen-bond donors (Lipinski definition) is 1.